The van der Waals surface area contributed by atoms with Crippen LogP contribution in [-0.4, -0.2) is 25.3 Å². The van der Waals surface area contributed by atoms with E-state index in [0.29, 0.717) is 17.1 Å². The maximum atomic E-state index is 11.2. The van der Waals surface area contributed by atoms with Gasteiger partial charge >= 0.3 is 5.97 Å². The Hall–Kier alpha value is -2.40. The van der Waals surface area contributed by atoms with Crippen LogP contribution >= 0.6 is 12.6 Å². The van der Waals surface area contributed by atoms with Gasteiger partial charge in [-0.3, -0.25) is 0 Å². The molecule has 0 spiro atoms. The summed E-state index contributed by atoms with van der Waals surface area (Å²) in [6.07, 6.45) is 1.18. The Kier molecular flexibility index (Phi) is 5.12. The lowest BCUT2D eigenvalue weighted by Gasteiger charge is -2.12. The molecule has 4 nitrogen and oxygen atoms in total. The van der Waals surface area contributed by atoms with Gasteiger partial charge < -0.3 is 14.6 Å². The van der Waals surface area contributed by atoms with Crippen LogP contribution in [-0.2, 0) is 4.79 Å². The van der Waals surface area contributed by atoms with Gasteiger partial charge in [0, 0.05) is 11.0 Å². The molecule has 0 saturated heterocycles. The molecule has 0 unspecified atom stereocenters. The highest BCUT2D eigenvalue weighted by molar-refractivity contribution is 7.80. The number of hydrogen-bond acceptors (Lipinski definition) is 4. The fraction of sp³-hybridized carbons (Fsp3) is 0.118. The Bertz CT molecular complexity index is 705. The average molecular weight is 316 g/mol. The van der Waals surface area contributed by atoms with Crippen LogP contribution in [0, 0.1) is 0 Å². The third-order valence-electron chi connectivity index (χ3n) is 3.14. The predicted molar refractivity (Wildman–Crippen MR) is 88.0 cm³/mol. The molecule has 5 heteroatoms. The van der Waals surface area contributed by atoms with Gasteiger partial charge in [-0.1, -0.05) is 18.2 Å². The number of hydrogen-bond donors (Lipinski definition) is 2. The van der Waals surface area contributed by atoms with E-state index in [1.165, 1.54) is 13.2 Å². The van der Waals surface area contributed by atoms with Crippen LogP contribution in [0.25, 0.3) is 5.57 Å². The smallest absolute Gasteiger partial charge is 0.328 e. The molecule has 0 aliphatic heterocycles. The van der Waals surface area contributed by atoms with E-state index < -0.39 is 5.97 Å². The molecule has 1 N–H and O–H groups in total. The number of ether oxygens (including phenoxy) is 2. The molecule has 0 fully saturated rings. The monoisotopic (exact) mass is 316 g/mol. The van der Waals surface area contributed by atoms with Crippen LogP contribution in [0.3, 0.4) is 0 Å². The first-order valence-electron chi connectivity index (χ1n) is 6.51. The minimum absolute atomic E-state index is 0.544. The second kappa shape index (κ2) is 7.04. The molecule has 0 bridgehead atoms. The molecule has 0 radical (unpaired) electrons. The van der Waals surface area contributed by atoms with Gasteiger partial charge in [-0.25, -0.2) is 4.79 Å². The van der Waals surface area contributed by atoms with Crippen molar-refractivity contribution >= 4 is 24.2 Å². The zero-order valence-corrected chi connectivity index (χ0v) is 13.1. The van der Waals surface area contributed by atoms with E-state index in [1.807, 2.05) is 24.3 Å². The molecule has 2 aromatic rings. The number of rotatable bonds is 5. The summed E-state index contributed by atoms with van der Waals surface area (Å²) in [5.41, 5.74) is 2.10. The minimum atomic E-state index is -1.01. The number of aliphatic carboxylic acids is 1. The van der Waals surface area contributed by atoms with E-state index in [4.69, 9.17) is 14.6 Å². The third-order valence-corrected chi connectivity index (χ3v) is 3.44. The lowest BCUT2D eigenvalue weighted by molar-refractivity contribution is -0.131. The van der Waals surface area contributed by atoms with Crippen molar-refractivity contribution in [2.24, 2.45) is 0 Å². The largest absolute Gasteiger partial charge is 0.493 e. The molecule has 0 aliphatic rings. The molecule has 0 aromatic heterocycles. The first-order valence-corrected chi connectivity index (χ1v) is 6.96. The van der Waals surface area contributed by atoms with Gasteiger partial charge in [0.05, 0.1) is 14.2 Å². The molecule has 114 valence electrons. The van der Waals surface area contributed by atoms with Gasteiger partial charge in [0.15, 0.2) is 11.5 Å². The van der Waals surface area contributed by atoms with Crippen LogP contribution in [0.4, 0.5) is 0 Å². The molecular weight excluding hydrogens is 300 g/mol. The Balaban J connectivity index is 2.55. The Morgan fingerprint density at radius 3 is 2.14 bits per heavy atom. The maximum absolute atomic E-state index is 11.2. The van der Waals surface area contributed by atoms with Crippen molar-refractivity contribution in [3.63, 3.8) is 0 Å². The first-order chi connectivity index (χ1) is 10.5. The number of methoxy groups -OCH3 is 2. The Morgan fingerprint density at radius 1 is 1.00 bits per heavy atom. The summed E-state index contributed by atoms with van der Waals surface area (Å²) in [6.45, 7) is 0. The summed E-state index contributed by atoms with van der Waals surface area (Å²) in [5.74, 6) is 0.119. The molecule has 0 atom stereocenters. The van der Waals surface area contributed by atoms with Crippen molar-refractivity contribution in [2.45, 2.75) is 4.90 Å². The van der Waals surface area contributed by atoms with Crippen molar-refractivity contribution in [2.75, 3.05) is 14.2 Å². The van der Waals surface area contributed by atoms with Crippen LogP contribution in [0.2, 0.25) is 0 Å². The van der Waals surface area contributed by atoms with Crippen LogP contribution in [0.1, 0.15) is 11.1 Å². The number of benzene rings is 2. The highest BCUT2D eigenvalue weighted by Gasteiger charge is 2.11. The van der Waals surface area contributed by atoms with Gasteiger partial charge in [0.1, 0.15) is 0 Å². The summed E-state index contributed by atoms with van der Waals surface area (Å²) >= 11 is 4.24. The molecule has 0 amide bonds. The van der Waals surface area contributed by atoms with E-state index in [9.17, 15) is 4.79 Å². The van der Waals surface area contributed by atoms with E-state index >= 15 is 0 Å². The molecule has 2 rings (SSSR count). The quantitative estimate of drug-likeness (QED) is 0.655. The number of carbonyl (C=O) groups is 1. The second-order valence-corrected chi connectivity index (χ2v) is 5.03. The zero-order valence-electron chi connectivity index (χ0n) is 12.2. The standard InChI is InChI=1S/C17H16O4S/c1-20-15-8-5-12(9-16(15)21-2)14(10-17(18)19)11-3-6-13(22)7-4-11/h3-10,22H,1-2H3,(H,18,19). The molecule has 0 saturated carbocycles. The SMILES string of the molecule is COc1ccc(C(=CC(=O)O)c2ccc(S)cc2)cc1OC. The average Bonchev–Trinajstić information content (AvgIpc) is 2.52. The number of carboxylic acid groups (broad SMARTS) is 1. The lowest BCUT2D eigenvalue weighted by atomic mass is 9.97. The summed E-state index contributed by atoms with van der Waals surface area (Å²) in [5, 5.41) is 9.14. The molecule has 0 aliphatic carbocycles. The fourth-order valence-electron chi connectivity index (χ4n) is 2.10. The van der Waals surface area contributed by atoms with Crippen molar-refractivity contribution in [1.82, 2.24) is 0 Å². The minimum Gasteiger partial charge on any atom is -0.493 e. The van der Waals surface area contributed by atoms with Gasteiger partial charge in [-0.05, 0) is 41.0 Å². The van der Waals surface area contributed by atoms with Crippen LogP contribution in [0.5, 0.6) is 11.5 Å². The number of carboxylic acids is 1. The topological polar surface area (TPSA) is 55.8 Å². The predicted octanol–water partition coefficient (Wildman–Crippen LogP) is 3.51. The Labute approximate surface area is 134 Å². The lowest BCUT2D eigenvalue weighted by Crippen LogP contribution is -1.97. The van der Waals surface area contributed by atoms with Gasteiger partial charge in [0.25, 0.3) is 0 Å². The van der Waals surface area contributed by atoms with Gasteiger partial charge in [0.2, 0.25) is 0 Å². The van der Waals surface area contributed by atoms with E-state index in [-0.39, 0.29) is 0 Å². The summed E-state index contributed by atoms with van der Waals surface area (Å²) < 4.78 is 10.5. The normalized spacial score (nSPS) is 11.1. The van der Waals surface area contributed by atoms with Crippen molar-refractivity contribution in [3.05, 3.63) is 59.7 Å². The summed E-state index contributed by atoms with van der Waals surface area (Å²) in [6, 6.07) is 12.6. The highest BCUT2D eigenvalue weighted by atomic mass is 32.1. The van der Waals surface area contributed by atoms with Gasteiger partial charge in [-0.2, -0.15) is 0 Å². The van der Waals surface area contributed by atoms with E-state index in [1.54, 1.807) is 25.3 Å². The summed E-state index contributed by atoms with van der Waals surface area (Å²) in [4.78, 5) is 12.0. The summed E-state index contributed by atoms with van der Waals surface area (Å²) in [7, 11) is 3.09. The van der Waals surface area contributed by atoms with Crippen LogP contribution in [0.15, 0.2) is 53.4 Å². The van der Waals surface area contributed by atoms with E-state index in [2.05, 4.69) is 12.6 Å². The molecule has 22 heavy (non-hydrogen) atoms. The molecule has 2 aromatic carbocycles. The third kappa shape index (κ3) is 3.62. The van der Waals surface area contributed by atoms with Crippen molar-refractivity contribution in [3.8, 4) is 11.5 Å². The highest BCUT2D eigenvalue weighted by Crippen LogP contribution is 2.33. The number of thiol groups is 1. The van der Waals surface area contributed by atoms with Crippen LogP contribution < -0.4 is 9.47 Å². The first kappa shape index (κ1) is 16.0. The van der Waals surface area contributed by atoms with Gasteiger partial charge in [-0.15, -0.1) is 12.6 Å². The van der Waals surface area contributed by atoms with Crippen molar-refractivity contribution in [1.29, 1.82) is 0 Å². The molecular formula is C17H16O4S. The van der Waals surface area contributed by atoms with Crippen molar-refractivity contribution < 1.29 is 19.4 Å². The van der Waals surface area contributed by atoms with E-state index in [0.717, 1.165) is 16.0 Å². The maximum Gasteiger partial charge on any atom is 0.328 e. The fourth-order valence-corrected chi connectivity index (χ4v) is 2.25. The molecule has 0 heterocycles. The second-order valence-electron chi connectivity index (χ2n) is 4.51. The zero-order chi connectivity index (χ0) is 16.1. The Morgan fingerprint density at radius 2 is 1.59 bits per heavy atom.